The second-order valence-corrected chi connectivity index (χ2v) is 5.71. The predicted octanol–water partition coefficient (Wildman–Crippen LogP) is -0.518. The highest BCUT2D eigenvalue weighted by Crippen LogP contribution is 2.36. The Labute approximate surface area is 127 Å². The van der Waals surface area contributed by atoms with Gasteiger partial charge in [0.15, 0.2) is 0 Å². The SMILES string of the molecule is CNC(=O)[C@H]1C[C@@H]2CN(C(=O)c3ccno3)C[C@@H]2N1C(C)=O. The van der Waals surface area contributed by atoms with E-state index < -0.39 is 6.04 Å². The summed E-state index contributed by atoms with van der Waals surface area (Å²) in [4.78, 5) is 39.5. The fraction of sp³-hybridized carbons (Fsp3) is 0.571. The molecule has 3 rings (SSSR count). The molecule has 1 aromatic heterocycles. The van der Waals surface area contributed by atoms with E-state index >= 15 is 0 Å². The molecule has 3 atom stereocenters. The first-order valence-corrected chi connectivity index (χ1v) is 7.23. The number of likely N-dealkylation sites (N-methyl/N-ethyl adjacent to an activating group) is 1. The molecule has 0 bridgehead atoms. The lowest BCUT2D eigenvalue weighted by Crippen LogP contribution is -2.49. The number of hydrogen-bond acceptors (Lipinski definition) is 5. The molecule has 0 aliphatic carbocycles. The van der Waals surface area contributed by atoms with Crippen LogP contribution in [0.1, 0.15) is 23.9 Å². The normalized spacial score (nSPS) is 26.9. The molecule has 8 heteroatoms. The summed E-state index contributed by atoms with van der Waals surface area (Å²) in [5, 5.41) is 6.14. The molecule has 118 valence electrons. The van der Waals surface area contributed by atoms with Crippen molar-refractivity contribution in [1.29, 1.82) is 0 Å². The third-order valence-corrected chi connectivity index (χ3v) is 4.47. The van der Waals surface area contributed by atoms with Gasteiger partial charge >= 0.3 is 0 Å². The second-order valence-electron chi connectivity index (χ2n) is 5.71. The van der Waals surface area contributed by atoms with Crippen LogP contribution in [0.2, 0.25) is 0 Å². The van der Waals surface area contributed by atoms with Crippen LogP contribution in [-0.2, 0) is 9.59 Å². The molecule has 1 aromatic rings. The van der Waals surface area contributed by atoms with Gasteiger partial charge in [-0.3, -0.25) is 14.4 Å². The van der Waals surface area contributed by atoms with Crippen LogP contribution in [0, 0.1) is 5.92 Å². The van der Waals surface area contributed by atoms with Crippen molar-refractivity contribution >= 4 is 17.7 Å². The predicted molar refractivity (Wildman–Crippen MR) is 74.7 cm³/mol. The number of carbonyl (C=O) groups excluding carboxylic acids is 3. The van der Waals surface area contributed by atoms with Gasteiger partial charge in [-0.05, 0) is 6.42 Å². The molecule has 8 nitrogen and oxygen atoms in total. The maximum atomic E-state index is 12.3. The lowest BCUT2D eigenvalue weighted by Gasteiger charge is -2.28. The van der Waals surface area contributed by atoms with Crippen LogP contribution >= 0.6 is 0 Å². The van der Waals surface area contributed by atoms with Crippen LogP contribution in [-0.4, -0.2) is 64.9 Å². The highest BCUT2D eigenvalue weighted by atomic mass is 16.5. The Morgan fingerprint density at radius 1 is 1.36 bits per heavy atom. The Balaban J connectivity index is 1.76. The van der Waals surface area contributed by atoms with Gasteiger partial charge in [0.1, 0.15) is 6.04 Å². The summed E-state index contributed by atoms with van der Waals surface area (Å²) in [6.07, 6.45) is 2.00. The average molecular weight is 306 g/mol. The highest BCUT2D eigenvalue weighted by molar-refractivity contribution is 5.92. The van der Waals surface area contributed by atoms with Gasteiger partial charge in [0.2, 0.25) is 17.6 Å². The van der Waals surface area contributed by atoms with E-state index in [4.69, 9.17) is 4.52 Å². The smallest absolute Gasteiger partial charge is 0.292 e. The van der Waals surface area contributed by atoms with Crippen molar-refractivity contribution in [3.05, 3.63) is 18.0 Å². The van der Waals surface area contributed by atoms with Gasteiger partial charge < -0.3 is 19.6 Å². The standard InChI is InChI=1S/C14H18N4O4/c1-8(19)18-10(13(20)15-2)5-9-6-17(7-11(9)18)14(21)12-3-4-16-22-12/h3-4,9-11H,5-7H2,1-2H3,(H,15,20)/t9-,10-,11+/m1/s1. The molecule has 0 aromatic carbocycles. The minimum Gasteiger partial charge on any atom is -0.357 e. The van der Waals surface area contributed by atoms with Crippen molar-refractivity contribution in [2.24, 2.45) is 5.92 Å². The summed E-state index contributed by atoms with van der Waals surface area (Å²) in [5.41, 5.74) is 0. The van der Waals surface area contributed by atoms with Crippen molar-refractivity contribution in [3.63, 3.8) is 0 Å². The monoisotopic (exact) mass is 306 g/mol. The summed E-state index contributed by atoms with van der Waals surface area (Å²) in [6, 6.07) is 0.957. The molecule has 3 amide bonds. The molecule has 0 spiro atoms. The van der Waals surface area contributed by atoms with Gasteiger partial charge in [-0.15, -0.1) is 0 Å². The number of aromatic nitrogens is 1. The molecule has 0 radical (unpaired) electrons. The molecule has 2 aliphatic rings. The largest absolute Gasteiger partial charge is 0.357 e. The van der Waals surface area contributed by atoms with E-state index in [2.05, 4.69) is 10.5 Å². The molecular weight excluding hydrogens is 288 g/mol. The lowest BCUT2D eigenvalue weighted by atomic mass is 10.0. The summed E-state index contributed by atoms with van der Waals surface area (Å²) in [7, 11) is 1.56. The number of amides is 3. The van der Waals surface area contributed by atoms with Gasteiger partial charge in [-0.1, -0.05) is 5.16 Å². The van der Waals surface area contributed by atoms with Crippen LogP contribution < -0.4 is 5.32 Å². The number of fused-ring (bicyclic) bond motifs is 1. The van der Waals surface area contributed by atoms with E-state index in [1.165, 1.54) is 19.2 Å². The van der Waals surface area contributed by atoms with E-state index in [1.807, 2.05) is 0 Å². The number of nitrogens with one attached hydrogen (secondary N) is 1. The number of carbonyl (C=O) groups is 3. The van der Waals surface area contributed by atoms with Crippen LogP contribution in [0.3, 0.4) is 0 Å². The van der Waals surface area contributed by atoms with Gasteiger partial charge in [-0.2, -0.15) is 0 Å². The van der Waals surface area contributed by atoms with Gasteiger partial charge in [0.25, 0.3) is 5.91 Å². The quantitative estimate of drug-likeness (QED) is 0.793. The zero-order valence-electron chi connectivity index (χ0n) is 12.5. The molecule has 2 saturated heterocycles. The maximum Gasteiger partial charge on any atom is 0.292 e. The zero-order chi connectivity index (χ0) is 15.9. The van der Waals surface area contributed by atoms with Crippen molar-refractivity contribution in [2.45, 2.75) is 25.4 Å². The molecule has 2 fully saturated rings. The number of rotatable bonds is 2. The van der Waals surface area contributed by atoms with Crippen molar-refractivity contribution < 1.29 is 18.9 Å². The second kappa shape index (κ2) is 5.43. The van der Waals surface area contributed by atoms with E-state index in [9.17, 15) is 14.4 Å². The van der Waals surface area contributed by atoms with Crippen LogP contribution in [0.5, 0.6) is 0 Å². The average Bonchev–Trinajstić information content (AvgIpc) is 3.19. The molecule has 1 N–H and O–H groups in total. The number of hydrogen-bond donors (Lipinski definition) is 1. The molecule has 22 heavy (non-hydrogen) atoms. The van der Waals surface area contributed by atoms with Gasteiger partial charge in [0.05, 0.1) is 12.2 Å². The minimum atomic E-state index is -0.444. The summed E-state index contributed by atoms with van der Waals surface area (Å²) in [6.45, 7) is 2.39. The van der Waals surface area contributed by atoms with Crippen molar-refractivity contribution in [3.8, 4) is 0 Å². The Hall–Kier alpha value is -2.38. The minimum absolute atomic E-state index is 0.109. The maximum absolute atomic E-state index is 12.3. The number of nitrogens with zero attached hydrogens (tertiary/aromatic N) is 3. The number of likely N-dealkylation sites (tertiary alicyclic amines) is 2. The third kappa shape index (κ3) is 2.24. The molecule has 2 aliphatic heterocycles. The van der Waals surface area contributed by atoms with Crippen LogP contribution in [0.15, 0.2) is 16.8 Å². The Morgan fingerprint density at radius 2 is 2.14 bits per heavy atom. The van der Waals surface area contributed by atoms with Crippen molar-refractivity contribution in [2.75, 3.05) is 20.1 Å². The van der Waals surface area contributed by atoms with E-state index in [1.54, 1.807) is 16.8 Å². The summed E-state index contributed by atoms with van der Waals surface area (Å²) in [5.74, 6) is -0.227. The summed E-state index contributed by atoms with van der Waals surface area (Å²) < 4.78 is 4.90. The topological polar surface area (TPSA) is 95.8 Å². The Bertz CT molecular complexity index is 600. The fourth-order valence-electron chi connectivity index (χ4n) is 3.53. The van der Waals surface area contributed by atoms with Gasteiger partial charge in [-0.25, -0.2) is 0 Å². The summed E-state index contributed by atoms with van der Waals surface area (Å²) >= 11 is 0. The lowest BCUT2D eigenvalue weighted by molar-refractivity contribution is -0.138. The molecule has 0 unspecified atom stereocenters. The highest BCUT2D eigenvalue weighted by Gasteiger charge is 2.51. The van der Waals surface area contributed by atoms with E-state index in [-0.39, 0.29) is 35.4 Å². The zero-order valence-corrected chi connectivity index (χ0v) is 12.5. The van der Waals surface area contributed by atoms with Gasteiger partial charge in [0, 0.05) is 39.0 Å². The first kappa shape index (κ1) is 14.6. The first-order chi connectivity index (χ1) is 10.5. The Kier molecular flexibility index (Phi) is 3.59. The van der Waals surface area contributed by atoms with Crippen molar-refractivity contribution in [1.82, 2.24) is 20.3 Å². The Morgan fingerprint density at radius 3 is 2.73 bits per heavy atom. The third-order valence-electron chi connectivity index (χ3n) is 4.47. The van der Waals surface area contributed by atoms with E-state index in [0.717, 1.165) is 0 Å². The molecule has 0 saturated carbocycles. The van der Waals surface area contributed by atoms with E-state index in [0.29, 0.717) is 19.5 Å². The van der Waals surface area contributed by atoms with Crippen LogP contribution in [0.4, 0.5) is 0 Å². The molecule has 3 heterocycles. The van der Waals surface area contributed by atoms with Crippen LogP contribution in [0.25, 0.3) is 0 Å². The first-order valence-electron chi connectivity index (χ1n) is 7.23. The fourth-order valence-corrected chi connectivity index (χ4v) is 3.53. The molecular formula is C14H18N4O4.